The molecule has 2 rings (SSSR count). The van der Waals surface area contributed by atoms with Crippen LogP contribution in [0, 0.1) is 0 Å². The fourth-order valence-corrected chi connectivity index (χ4v) is 3.00. The summed E-state index contributed by atoms with van der Waals surface area (Å²) in [5, 5.41) is 5.26. The molecule has 0 heterocycles. The van der Waals surface area contributed by atoms with Gasteiger partial charge in [0.1, 0.15) is 0 Å². The van der Waals surface area contributed by atoms with E-state index in [0.717, 1.165) is 22.9 Å². The number of halogens is 2. The van der Waals surface area contributed by atoms with Gasteiger partial charge < -0.3 is 5.32 Å². The van der Waals surface area contributed by atoms with Crippen molar-refractivity contribution in [3.05, 3.63) is 69.7 Å². The molecule has 0 aliphatic rings. The predicted octanol–water partition coefficient (Wildman–Crippen LogP) is 5.67. The summed E-state index contributed by atoms with van der Waals surface area (Å²) < 4.78 is 0. The van der Waals surface area contributed by atoms with Crippen molar-refractivity contribution in [2.75, 3.05) is 0 Å². The second-order valence-electron chi connectivity index (χ2n) is 5.42. The van der Waals surface area contributed by atoms with E-state index in [1.54, 1.807) is 0 Å². The summed E-state index contributed by atoms with van der Waals surface area (Å²) in [6.45, 7) is 4.39. The van der Waals surface area contributed by atoms with E-state index in [9.17, 15) is 0 Å². The van der Waals surface area contributed by atoms with Gasteiger partial charge in [-0.05, 0) is 55.2 Å². The molecule has 2 aromatic carbocycles. The Balaban J connectivity index is 2.01. The third-order valence-corrected chi connectivity index (χ3v) is 4.05. The fourth-order valence-electron chi connectivity index (χ4n) is 2.59. The van der Waals surface area contributed by atoms with Gasteiger partial charge in [-0.3, -0.25) is 0 Å². The highest BCUT2D eigenvalue weighted by molar-refractivity contribution is 6.30. The first kappa shape index (κ1) is 16.4. The summed E-state index contributed by atoms with van der Waals surface area (Å²) in [6.07, 6.45) is 1.98. The lowest BCUT2D eigenvalue weighted by molar-refractivity contribution is 0.443. The molecule has 21 heavy (non-hydrogen) atoms. The van der Waals surface area contributed by atoms with Crippen LogP contribution in [-0.2, 0) is 6.42 Å². The zero-order chi connectivity index (χ0) is 15.2. The molecule has 0 aliphatic carbocycles. The quantitative estimate of drug-likeness (QED) is 0.723. The topological polar surface area (TPSA) is 12.0 Å². The Kier molecular flexibility index (Phi) is 6.10. The molecular weight excluding hydrogens is 301 g/mol. The first-order valence-electron chi connectivity index (χ1n) is 7.34. The molecule has 0 saturated heterocycles. The highest BCUT2D eigenvalue weighted by Gasteiger charge is 2.13. The number of benzene rings is 2. The average molecular weight is 322 g/mol. The molecule has 3 heteroatoms. The van der Waals surface area contributed by atoms with Crippen molar-refractivity contribution < 1.29 is 0 Å². The summed E-state index contributed by atoms with van der Waals surface area (Å²) in [7, 11) is 0. The van der Waals surface area contributed by atoms with Gasteiger partial charge in [0.05, 0.1) is 0 Å². The van der Waals surface area contributed by atoms with E-state index < -0.39 is 0 Å². The molecule has 1 N–H and O–H groups in total. The van der Waals surface area contributed by atoms with Crippen LogP contribution < -0.4 is 5.32 Å². The zero-order valence-electron chi connectivity index (χ0n) is 12.4. The van der Waals surface area contributed by atoms with E-state index >= 15 is 0 Å². The van der Waals surface area contributed by atoms with Crippen molar-refractivity contribution in [3.63, 3.8) is 0 Å². The van der Waals surface area contributed by atoms with Gasteiger partial charge in [0, 0.05) is 22.1 Å². The van der Waals surface area contributed by atoms with E-state index in [0.29, 0.717) is 12.1 Å². The summed E-state index contributed by atoms with van der Waals surface area (Å²) in [6, 6.07) is 16.8. The highest BCUT2D eigenvalue weighted by atomic mass is 35.5. The SMILES string of the molecule is CCC(NC(C)Cc1cccc(Cl)c1)c1cccc(Cl)c1. The normalized spacial score (nSPS) is 13.9. The van der Waals surface area contributed by atoms with E-state index in [1.165, 1.54) is 11.1 Å². The van der Waals surface area contributed by atoms with Crippen LogP contribution in [0.1, 0.15) is 37.4 Å². The predicted molar refractivity (Wildman–Crippen MR) is 92.2 cm³/mol. The van der Waals surface area contributed by atoms with Crippen LogP contribution in [0.15, 0.2) is 48.5 Å². The van der Waals surface area contributed by atoms with Crippen LogP contribution >= 0.6 is 23.2 Å². The van der Waals surface area contributed by atoms with Crippen molar-refractivity contribution in [1.29, 1.82) is 0 Å². The van der Waals surface area contributed by atoms with Gasteiger partial charge in [0.25, 0.3) is 0 Å². The molecular formula is C18H21Cl2N. The Morgan fingerprint density at radius 3 is 2.29 bits per heavy atom. The number of hydrogen-bond donors (Lipinski definition) is 1. The lowest BCUT2D eigenvalue weighted by Gasteiger charge is -2.23. The molecule has 2 unspecified atom stereocenters. The van der Waals surface area contributed by atoms with Gasteiger partial charge in [-0.2, -0.15) is 0 Å². The molecule has 0 radical (unpaired) electrons. The maximum Gasteiger partial charge on any atom is 0.0409 e. The largest absolute Gasteiger partial charge is 0.307 e. The smallest absolute Gasteiger partial charge is 0.0409 e. The van der Waals surface area contributed by atoms with Crippen molar-refractivity contribution >= 4 is 23.2 Å². The Morgan fingerprint density at radius 1 is 1.00 bits per heavy atom. The minimum absolute atomic E-state index is 0.317. The van der Waals surface area contributed by atoms with Crippen LogP contribution in [0.4, 0.5) is 0 Å². The molecule has 0 bridgehead atoms. The molecule has 0 aliphatic heterocycles. The number of nitrogens with one attached hydrogen (secondary N) is 1. The van der Waals surface area contributed by atoms with Crippen LogP contribution in [0.2, 0.25) is 10.0 Å². The van der Waals surface area contributed by atoms with Crippen LogP contribution in [0.3, 0.4) is 0 Å². The first-order valence-corrected chi connectivity index (χ1v) is 8.10. The third kappa shape index (κ3) is 5.03. The van der Waals surface area contributed by atoms with Crippen molar-refractivity contribution in [2.24, 2.45) is 0 Å². The van der Waals surface area contributed by atoms with Gasteiger partial charge in [-0.15, -0.1) is 0 Å². The van der Waals surface area contributed by atoms with Gasteiger partial charge in [-0.1, -0.05) is 54.4 Å². The van der Waals surface area contributed by atoms with Crippen LogP contribution in [-0.4, -0.2) is 6.04 Å². The summed E-state index contributed by atoms with van der Waals surface area (Å²) >= 11 is 12.1. The Labute approximate surface area is 137 Å². The van der Waals surface area contributed by atoms with E-state index in [1.807, 2.05) is 36.4 Å². The summed E-state index contributed by atoms with van der Waals surface area (Å²) in [5.41, 5.74) is 2.49. The lowest BCUT2D eigenvalue weighted by Crippen LogP contribution is -2.31. The van der Waals surface area contributed by atoms with E-state index in [2.05, 4.69) is 31.3 Å². The van der Waals surface area contributed by atoms with Crippen molar-refractivity contribution in [1.82, 2.24) is 5.32 Å². The molecule has 0 amide bonds. The molecule has 1 nitrogen and oxygen atoms in total. The molecule has 2 atom stereocenters. The summed E-state index contributed by atoms with van der Waals surface area (Å²) in [5.74, 6) is 0. The highest BCUT2D eigenvalue weighted by Crippen LogP contribution is 2.21. The summed E-state index contributed by atoms with van der Waals surface area (Å²) in [4.78, 5) is 0. The second-order valence-corrected chi connectivity index (χ2v) is 6.29. The Hall–Kier alpha value is -1.02. The van der Waals surface area contributed by atoms with Gasteiger partial charge in [0.2, 0.25) is 0 Å². The van der Waals surface area contributed by atoms with Crippen LogP contribution in [0.5, 0.6) is 0 Å². The van der Waals surface area contributed by atoms with Gasteiger partial charge in [-0.25, -0.2) is 0 Å². The third-order valence-electron chi connectivity index (χ3n) is 3.58. The molecule has 0 aromatic heterocycles. The average Bonchev–Trinajstić information content (AvgIpc) is 2.44. The van der Waals surface area contributed by atoms with Gasteiger partial charge >= 0.3 is 0 Å². The molecule has 0 spiro atoms. The monoisotopic (exact) mass is 321 g/mol. The van der Waals surface area contributed by atoms with E-state index in [-0.39, 0.29) is 0 Å². The number of rotatable bonds is 6. The minimum Gasteiger partial charge on any atom is -0.307 e. The van der Waals surface area contributed by atoms with Gasteiger partial charge in [0.15, 0.2) is 0 Å². The maximum absolute atomic E-state index is 6.09. The standard InChI is InChI=1S/C18H21Cl2N/c1-3-18(15-7-5-9-17(20)12-15)21-13(2)10-14-6-4-8-16(19)11-14/h4-9,11-13,18,21H,3,10H2,1-2H3. The Morgan fingerprint density at radius 2 is 1.67 bits per heavy atom. The minimum atomic E-state index is 0.317. The second kappa shape index (κ2) is 7.84. The maximum atomic E-state index is 6.09. The van der Waals surface area contributed by atoms with Crippen molar-refractivity contribution in [2.45, 2.75) is 38.8 Å². The van der Waals surface area contributed by atoms with Crippen molar-refractivity contribution in [3.8, 4) is 0 Å². The molecule has 0 fully saturated rings. The number of hydrogen-bond acceptors (Lipinski definition) is 1. The first-order chi connectivity index (χ1) is 10.1. The molecule has 112 valence electrons. The fraction of sp³-hybridized carbons (Fsp3) is 0.333. The van der Waals surface area contributed by atoms with Crippen LogP contribution in [0.25, 0.3) is 0 Å². The lowest BCUT2D eigenvalue weighted by atomic mass is 10.0. The molecule has 0 saturated carbocycles. The Bertz CT molecular complexity index is 583. The zero-order valence-corrected chi connectivity index (χ0v) is 14.0. The van der Waals surface area contributed by atoms with E-state index in [4.69, 9.17) is 23.2 Å². The molecule has 2 aromatic rings.